The first-order valence-electron chi connectivity index (χ1n) is 5.99. The van der Waals surface area contributed by atoms with Gasteiger partial charge in [0.05, 0.1) is 16.6 Å². The van der Waals surface area contributed by atoms with Crippen LogP contribution in [0, 0.1) is 12.8 Å². The molecule has 0 saturated heterocycles. The molecule has 2 rings (SSSR count). The molecule has 0 spiro atoms. The number of nitrogens with zero attached hydrogens (tertiary/aromatic N) is 1. The summed E-state index contributed by atoms with van der Waals surface area (Å²) in [6, 6.07) is 6.24. The number of thiazole rings is 1. The lowest BCUT2D eigenvalue weighted by molar-refractivity contribution is -0.121. The van der Waals surface area contributed by atoms with Crippen molar-refractivity contribution in [3.8, 4) is 0 Å². The maximum Gasteiger partial charge on any atom is 0.142 e. The summed E-state index contributed by atoms with van der Waals surface area (Å²) in [6.07, 6.45) is 1.39. The van der Waals surface area contributed by atoms with Crippen molar-refractivity contribution in [3.05, 3.63) is 28.8 Å². The second-order valence-electron chi connectivity index (χ2n) is 4.53. The number of ketones is 1. The van der Waals surface area contributed by atoms with Gasteiger partial charge in [-0.2, -0.15) is 0 Å². The van der Waals surface area contributed by atoms with E-state index in [-0.39, 0.29) is 5.92 Å². The fourth-order valence-electron chi connectivity index (χ4n) is 1.71. The van der Waals surface area contributed by atoms with E-state index in [0.29, 0.717) is 12.2 Å². The highest BCUT2D eigenvalue weighted by Crippen LogP contribution is 2.24. The first kappa shape index (κ1) is 12.2. The maximum absolute atomic E-state index is 11.9. The molecule has 0 fully saturated rings. The minimum Gasteiger partial charge on any atom is -0.299 e. The summed E-state index contributed by atoms with van der Waals surface area (Å²) in [5, 5.41) is 0.941. The van der Waals surface area contributed by atoms with Crippen LogP contribution >= 0.6 is 11.3 Å². The summed E-state index contributed by atoms with van der Waals surface area (Å²) in [6.45, 7) is 6.09. The number of aryl methyl sites for hydroxylation is 1. The molecule has 17 heavy (non-hydrogen) atoms. The number of benzene rings is 1. The van der Waals surface area contributed by atoms with E-state index in [0.717, 1.165) is 16.9 Å². The van der Waals surface area contributed by atoms with Crippen LogP contribution in [0.3, 0.4) is 0 Å². The van der Waals surface area contributed by atoms with Gasteiger partial charge in [0.25, 0.3) is 0 Å². The van der Waals surface area contributed by atoms with Crippen molar-refractivity contribution in [1.82, 2.24) is 4.98 Å². The molecule has 1 unspecified atom stereocenters. The molecule has 1 aromatic carbocycles. The minimum absolute atomic E-state index is 0.142. The number of hydrogen-bond acceptors (Lipinski definition) is 3. The standard InChI is InChI=1S/C14H17NOS/c1-4-10(3)12(16)8-14-15-11-7-9(2)5-6-13(11)17-14/h5-7,10H,4,8H2,1-3H3. The second-order valence-corrected chi connectivity index (χ2v) is 5.65. The minimum atomic E-state index is 0.142. The molecule has 0 aliphatic heterocycles. The molecule has 0 radical (unpaired) electrons. The molecule has 0 N–H and O–H groups in total. The van der Waals surface area contributed by atoms with Gasteiger partial charge in [0.15, 0.2) is 0 Å². The first-order chi connectivity index (χ1) is 8.10. The lowest BCUT2D eigenvalue weighted by Gasteiger charge is -2.04. The van der Waals surface area contributed by atoms with Crippen LogP contribution in [0.2, 0.25) is 0 Å². The third-order valence-corrected chi connectivity index (χ3v) is 4.11. The largest absolute Gasteiger partial charge is 0.299 e. The van der Waals surface area contributed by atoms with Gasteiger partial charge in [-0.05, 0) is 31.0 Å². The Morgan fingerprint density at radius 1 is 1.47 bits per heavy atom. The molecule has 90 valence electrons. The number of carbonyl (C=O) groups excluding carboxylic acids is 1. The lowest BCUT2D eigenvalue weighted by atomic mass is 10.0. The van der Waals surface area contributed by atoms with E-state index < -0.39 is 0 Å². The number of hydrogen-bond donors (Lipinski definition) is 0. The van der Waals surface area contributed by atoms with Crippen LogP contribution in [-0.2, 0) is 11.2 Å². The van der Waals surface area contributed by atoms with Gasteiger partial charge >= 0.3 is 0 Å². The number of carbonyl (C=O) groups is 1. The molecular formula is C14H17NOS. The SMILES string of the molecule is CCC(C)C(=O)Cc1nc2cc(C)ccc2s1. The van der Waals surface area contributed by atoms with Crippen LogP contribution < -0.4 is 0 Å². The van der Waals surface area contributed by atoms with Gasteiger partial charge in [-0.1, -0.05) is 19.9 Å². The molecule has 0 aliphatic rings. The molecule has 1 aromatic heterocycles. The molecule has 1 atom stereocenters. The summed E-state index contributed by atoms with van der Waals surface area (Å²) in [5.41, 5.74) is 2.23. The number of fused-ring (bicyclic) bond motifs is 1. The maximum atomic E-state index is 11.9. The van der Waals surface area contributed by atoms with E-state index in [9.17, 15) is 4.79 Å². The molecule has 0 amide bonds. The predicted octanol–water partition coefficient (Wildman–Crippen LogP) is 3.76. The number of Topliss-reactive ketones (excluding diaryl/α,β-unsaturated/α-hetero) is 1. The normalized spacial score (nSPS) is 12.9. The van der Waals surface area contributed by atoms with Gasteiger partial charge < -0.3 is 0 Å². The first-order valence-corrected chi connectivity index (χ1v) is 6.80. The van der Waals surface area contributed by atoms with Crippen molar-refractivity contribution in [1.29, 1.82) is 0 Å². The molecular weight excluding hydrogens is 230 g/mol. The van der Waals surface area contributed by atoms with Gasteiger partial charge in [-0.15, -0.1) is 11.3 Å². The van der Waals surface area contributed by atoms with Gasteiger partial charge in [0.2, 0.25) is 0 Å². The quantitative estimate of drug-likeness (QED) is 0.823. The summed E-state index contributed by atoms with van der Waals surface area (Å²) < 4.78 is 1.17. The summed E-state index contributed by atoms with van der Waals surface area (Å²) in [4.78, 5) is 16.4. The van der Waals surface area contributed by atoms with Crippen LogP contribution in [-0.4, -0.2) is 10.8 Å². The Kier molecular flexibility index (Phi) is 3.57. The number of rotatable bonds is 4. The Morgan fingerprint density at radius 2 is 2.24 bits per heavy atom. The zero-order valence-electron chi connectivity index (χ0n) is 10.5. The molecule has 2 nitrogen and oxygen atoms in total. The zero-order chi connectivity index (χ0) is 12.4. The fraction of sp³-hybridized carbons (Fsp3) is 0.429. The topological polar surface area (TPSA) is 30.0 Å². The van der Waals surface area contributed by atoms with Crippen molar-refractivity contribution in [2.24, 2.45) is 5.92 Å². The highest BCUT2D eigenvalue weighted by molar-refractivity contribution is 7.18. The Morgan fingerprint density at radius 3 is 2.94 bits per heavy atom. The molecule has 1 heterocycles. The van der Waals surface area contributed by atoms with Gasteiger partial charge in [-0.25, -0.2) is 4.98 Å². The van der Waals surface area contributed by atoms with Crippen LogP contribution in [0.5, 0.6) is 0 Å². The molecule has 2 aromatic rings. The fourth-order valence-corrected chi connectivity index (χ4v) is 2.67. The average Bonchev–Trinajstić information content (AvgIpc) is 2.69. The smallest absolute Gasteiger partial charge is 0.142 e. The van der Waals surface area contributed by atoms with Crippen LogP contribution in [0.25, 0.3) is 10.2 Å². The van der Waals surface area contributed by atoms with Gasteiger partial charge in [0, 0.05) is 5.92 Å². The monoisotopic (exact) mass is 247 g/mol. The highest BCUT2D eigenvalue weighted by atomic mass is 32.1. The van der Waals surface area contributed by atoms with E-state index in [1.807, 2.05) is 13.8 Å². The van der Waals surface area contributed by atoms with E-state index in [4.69, 9.17) is 0 Å². The third kappa shape index (κ3) is 2.72. The van der Waals surface area contributed by atoms with Gasteiger partial charge in [0.1, 0.15) is 10.8 Å². The Hall–Kier alpha value is -1.22. The van der Waals surface area contributed by atoms with Crippen LogP contribution in [0.1, 0.15) is 30.8 Å². The molecule has 0 bridgehead atoms. The Balaban J connectivity index is 2.22. The van der Waals surface area contributed by atoms with Crippen molar-refractivity contribution in [3.63, 3.8) is 0 Å². The van der Waals surface area contributed by atoms with Crippen molar-refractivity contribution in [2.75, 3.05) is 0 Å². The second kappa shape index (κ2) is 4.96. The molecule has 3 heteroatoms. The summed E-state index contributed by atoms with van der Waals surface area (Å²) in [5.74, 6) is 0.437. The third-order valence-electron chi connectivity index (χ3n) is 3.07. The predicted molar refractivity (Wildman–Crippen MR) is 72.5 cm³/mol. The number of aromatic nitrogens is 1. The van der Waals surface area contributed by atoms with E-state index >= 15 is 0 Å². The highest BCUT2D eigenvalue weighted by Gasteiger charge is 2.14. The van der Waals surface area contributed by atoms with Crippen LogP contribution in [0.15, 0.2) is 18.2 Å². The summed E-state index contributed by atoms with van der Waals surface area (Å²) >= 11 is 1.63. The van der Waals surface area contributed by atoms with E-state index in [1.165, 1.54) is 10.3 Å². The van der Waals surface area contributed by atoms with Crippen molar-refractivity contribution < 1.29 is 4.79 Å². The lowest BCUT2D eigenvalue weighted by Crippen LogP contribution is -2.12. The summed E-state index contributed by atoms with van der Waals surface area (Å²) in [7, 11) is 0. The molecule has 0 aliphatic carbocycles. The van der Waals surface area contributed by atoms with Crippen LogP contribution in [0.4, 0.5) is 0 Å². The van der Waals surface area contributed by atoms with Gasteiger partial charge in [-0.3, -0.25) is 4.79 Å². The average molecular weight is 247 g/mol. The Labute approximate surface area is 106 Å². The van der Waals surface area contributed by atoms with E-state index in [2.05, 4.69) is 30.1 Å². The van der Waals surface area contributed by atoms with Crippen molar-refractivity contribution >= 4 is 27.3 Å². The molecule has 0 saturated carbocycles. The van der Waals surface area contributed by atoms with Crippen molar-refractivity contribution in [2.45, 2.75) is 33.6 Å². The zero-order valence-corrected chi connectivity index (χ0v) is 11.3. The van der Waals surface area contributed by atoms with E-state index in [1.54, 1.807) is 11.3 Å². The Bertz CT molecular complexity index is 544.